The minimum Gasteiger partial charge on any atom is -0.300 e. The molecule has 1 aromatic rings. The fraction of sp³-hybridized carbons (Fsp3) is 0.462. The fourth-order valence-electron chi connectivity index (χ4n) is 1.57. The molecule has 18 heavy (non-hydrogen) atoms. The summed E-state index contributed by atoms with van der Waals surface area (Å²) in [5.41, 5.74) is 1.02. The third-order valence-electron chi connectivity index (χ3n) is 2.69. The van der Waals surface area contributed by atoms with Crippen LogP contribution in [0.5, 0.6) is 0 Å². The molecule has 1 aliphatic carbocycles. The monoisotopic (exact) mass is 270 g/mol. The van der Waals surface area contributed by atoms with Gasteiger partial charge in [0.2, 0.25) is 0 Å². The van der Waals surface area contributed by atoms with Gasteiger partial charge >= 0.3 is 0 Å². The summed E-state index contributed by atoms with van der Waals surface area (Å²) in [5, 5.41) is 0. The van der Waals surface area contributed by atoms with Crippen LogP contribution in [0.3, 0.4) is 0 Å². The van der Waals surface area contributed by atoms with E-state index in [2.05, 4.69) is 4.18 Å². The van der Waals surface area contributed by atoms with Crippen LogP contribution in [0.1, 0.15) is 31.2 Å². The molecule has 1 aromatic carbocycles. The van der Waals surface area contributed by atoms with Crippen molar-refractivity contribution in [3.05, 3.63) is 29.8 Å². The Kier molecular flexibility index (Phi) is 5.50. The lowest BCUT2D eigenvalue weighted by molar-refractivity contribution is -0.117. The van der Waals surface area contributed by atoms with Gasteiger partial charge in [0.15, 0.2) is 0 Å². The van der Waals surface area contributed by atoms with Crippen molar-refractivity contribution in [1.29, 1.82) is 0 Å². The van der Waals surface area contributed by atoms with Crippen LogP contribution in [0.2, 0.25) is 0 Å². The van der Waals surface area contributed by atoms with E-state index in [0.717, 1.165) is 38.4 Å². The van der Waals surface area contributed by atoms with Crippen LogP contribution in [-0.4, -0.2) is 21.3 Å². The summed E-state index contributed by atoms with van der Waals surface area (Å²) in [6.07, 6.45) is 3.97. The Morgan fingerprint density at radius 3 is 1.89 bits per heavy atom. The quantitative estimate of drug-likeness (QED) is 0.774. The van der Waals surface area contributed by atoms with Gasteiger partial charge in [0.05, 0.1) is 12.0 Å². The van der Waals surface area contributed by atoms with Crippen molar-refractivity contribution in [2.24, 2.45) is 0 Å². The number of rotatable bonds is 2. The van der Waals surface area contributed by atoms with Gasteiger partial charge in [-0.2, -0.15) is 8.42 Å². The van der Waals surface area contributed by atoms with E-state index in [9.17, 15) is 13.2 Å². The maximum atomic E-state index is 11.1. The van der Waals surface area contributed by atoms with E-state index in [0.29, 0.717) is 5.78 Å². The highest BCUT2D eigenvalue weighted by molar-refractivity contribution is 7.86. The highest BCUT2D eigenvalue weighted by atomic mass is 32.2. The van der Waals surface area contributed by atoms with Gasteiger partial charge in [-0.1, -0.05) is 17.7 Å². The van der Waals surface area contributed by atoms with E-state index >= 15 is 0 Å². The minimum atomic E-state index is -3.51. The van der Waals surface area contributed by atoms with Gasteiger partial charge in [-0.25, -0.2) is 0 Å². The molecule has 1 saturated carbocycles. The van der Waals surface area contributed by atoms with Gasteiger partial charge < -0.3 is 0 Å². The van der Waals surface area contributed by atoms with Gasteiger partial charge in [-0.3, -0.25) is 8.98 Å². The van der Waals surface area contributed by atoms with E-state index in [1.165, 1.54) is 12.1 Å². The molecule has 0 aromatic heterocycles. The Labute approximate surface area is 108 Å². The van der Waals surface area contributed by atoms with Crippen molar-refractivity contribution in [3.8, 4) is 0 Å². The van der Waals surface area contributed by atoms with E-state index in [4.69, 9.17) is 0 Å². The lowest BCUT2D eigenvalue weighted by Crippen LogP contribution is -2.02. The van der Waals surface area contributed by atoms with E-state index in [1.807, 2.05) is 6.92 Å². The molecule has 0 radical (unpaired) electrons. The Morgan fingerprint density at radius 2 is 1.56 bits per heavy atom. The molecule has 0 spiro atoms. The lowest BCUT2D eigenvalue weighted by Gasteiger charge is -2.00. The number of ketones is 1. The van der Waals surface area contributed by atoms with E-state index in [-0.39, 0.29) is 4.90 Å². The van der Waals surface area contributed by atoms with Gasteiger partial charge in [0.25, 0.3) is 10.1 Å². The number of carbonyl (C=O) groups excluding carboxylic acids is 1. The van der Waals surface area contributed by atoms with Crippen LogP contribution in [-0.2, 0) is 19.1 Å². The molecule has 4 nitrogen and oxygen atoms in total. The van der Waals surface area contributed by atoms with Gasteiger partial charge in [-0.15, -0.1) is 0 Å². The number of hydrogen-bond donors (Lipinski definition) is 0. The summed E-state index contributed by atoms with van der Waals surface area (Å²) in [6.45, 7) is 1.89. The zero-order valence-electron chi connectivity index (χ0n) is 10.7. The van der Waals surface area contributed by atoms with Crippen molar-refractivity contribution in [2.45, 2.75) is 37.5 Å². The molecule has 0 N–H and O–H groups in total. The predicted molar refractivity (Wildman–Crippen MR) is 68.8 cm³/mol. The molecule has 100 valence electrons. The first-order valence-corrected chi connectivity index (χ1v) is 7.25. The maximum absolute atomic E-state index is 11.1. The number of carbonyl (C=O) groups is 1. The number of aryl methyl sites for hydroxylation is 1. The van der Waals surface area contributed by atoms with Crippen LogP contribution in [0.15, 0.2) is 29.2 Å². The first-order valence-electron chi connectivity index (χ1n) is 5.84. The van der Waals surface area contributed by atoms with Crippen LogP contribution < -0.4 is 0 Å². The Hall–Kier alpha value is -1.20. The van der Waals surface area contributed by atoms with Crippen molar-refractivity contribution in [2.75, 3.05) is 7.11 Å². The topological polar surface area (TPSA) is 60.4 Å². The summed E-state index contributed by atoms with van der Waals surface area (Å²) < 4.78 is 26.5. The minimum absolute atomic E-state index is 0.190. The molecule has 0 bridgehead atoms. The van der Waals surface area contributed by atoms with Gasteiger partial charge in [0, 0.05) is 12.8 Å². The SMILES string of the molecule is COS(=O)(=O)c1ccc(C)cc1.O=C1CCCC1. The zero-order valence-corrected chi connectivity index (χ0v) is 11.5. The second kappa shape index (κ2) is 6.66. The van der Waals surface area contributed by atoms with Crippen molar-refractivity contribution >= 4 is 15.9 Å². The van der Waals surface area contributed by atoms with Crippen molar-refractivity contribution in [1.82, 2.24) is 0 Å². The van der Waals surface area contributed by atoms with Crippen LogP contribution >= 0.6 is 0 Å². The summed E-state index contributed by atoms with van der Waals surface area (Å²) in [5.74, 6) is 0.454. The smallest absolute Gasteiger partial charge is 0.296 e. The van der Waals surface area contributed by atoms with Crippen LogP contribution in [0.25, 0.3) is 0 Å². The van der Waals surface area contributed by atoms with Crippen molar-refractivity contribution in [3.63, 3.8) is 0 Å². The second-order valence-corrected chi connectivity index (χ2v) is 5.89. The van der Waals surface area contributed by atoms with Crippen LogP contribution in [0, 0.1) is 6.92 Å². The molecule has 0 atom stereocenters. The zero-order chi connectivity index (χ0) is 13.6. The molecule has 0 amide bonds. The molecular weight excluding hydrogens is 252 g/mol. The van der Waals surface area contributed by atoms with E-state index in [1.54, 1.807) is 12.1 Å². The van der Waals surface area contributed by atoms with Crippen LogP contribution in [0.4, 0.5) is 0 Å². The Bertz CT molecular complexity index is 480. The summed E-state index contributed by atoms with van der Waals surface area (Å²) >= 11 is 0. The highest BCUT2D eigenvalue weighted by Crippen LogP contribution is 2.12. The maximum Gasteiger partial charge on any atom is 0.296 e. The van der Waals surface area contributed by atoms with Gasteiger partial charge in [-0.05, 0) is 31.9 Å². The summed E-state index contributed by atoms with van der Waals surface area (Å²) in [6, 6.07) is 6.50. The third-order valence-corrected chi connectivity index (χ3v) is 3.98. The molecule has 0 heterocycles. The standard InChI is InChI=1S/C8H10O3S.C5H8O/c1-7-3-5-8(6-4-7)12(9,10)11-2;6-5-3-1-2-4-5/h3-6H,1-2H3;1-4H2. The summed E-state index contributed by atoms with van der Waals surface area (Å²) in [4.78, 5) is 10.4. The third kappa shape index (κ3) is 4.58. The number of hydrogen-bond acceptors (Lipinski definition) is 4. The van der Waals surface area contributed by atoms with Crippen molar-refractivity contribution < 1.29 is 17.4 Å². The largest absolute Gasteiger partial charge is 0.300 e. The first-order chi connectivity index (χ1) is 8.45. The molecule has 0 saturated heterocycles. The molecule has 0 aliphatic heterocycles. The predicted octanol–water partition coefficient (Wildman–Crippen LogP) is 2.46. The molecule has 1 aliphatic rings. The molecule has 0 unspecified atom stereocenters. The lowest BCUT2D eigenvalue weighted by atomic mass is 10.2. The average molecular weight is 270 g/mol. The molecular formula is C13H18O4S. The average Bonchev–Trinajstić information content (AvgIpc) is 2.82. The molecule has 2 rings (SSSR count). The Morgan fingerprint density at radius 1 is 1.06 bits per heavy atom. The normalized spacial score (nSPS) is 15.1. The van der Waals surface area contributed by atoms with Gasteiger partial charge in [0.1, 0.15) is 5.78 Å². The molecule has 5 heteroatoms. The number of Topliss-reactive ketones (excluding diaryl/α,β-unsaturated/α-hetero) is 1. The second-order valence-electron chi connectivity index (χ2n) is 4.18. The highest BCUT2D eigenvalue weighted by Gasteiger charge is 2.11. The summed E-state index contributed by atoms with van der Waals surface area (Å²) in [7, 11) is -2.37. The van der Waals surface area contributed by atoms with E-state index < -0.39 is 10.1 Å². The first kappa shape index (κ1) is 14.9. The molecule has 1 fully saturated rings. The Balaban J connectivity index is 0.000000225. The number of benzene rings is 1. The fourth-order valence-corrected chi connectivity index (χ4v) is 2.23.